The first-order chi connectivity index (χ1) is 14.5. The second-order valence-electron chi connectivity index (χ2n) is 6.63. The van der Waals surface area contributed by atoms with Gasteiger partial charge in [-0.2, -0.15) is 15.3 Å². The lowest BCUT2D eigenvalue weighted by molar-refractivity contribution is -0.123. The molecule has 2 N–H and O–H groups in total. The molecular formula is C23H22N4O3. The largest absolute Gasteiger partial charge is 0.507 e. The van der Waals surface area contributed by atoms with Crippen molar-refractivity contribution in [1.82, 2.24) is 5.43 Å². The van der Waals surface area contributed by atoms with Crippen molar-refractivity contribution in [2.24, 2.45) is 15.3 Å². The average Bonchev–Trinajstić information content (AvgIpc) is 2.74. The summed E-state index contributed by atoms with van der Waals surface area (Å²) >= 11 is 0. The molecule has 0 aliphatic rings. The Morgan fingerprint density at radius 3 is 2.53 bits per heavy atom. The minimum absolute atomic E-state index is 0.0122. The molecule has 152 valence electrons. The van der Waals surface area contributed by atoms with E-state index in [0.717, 1.165) is 16.8 Å². The summed E-state index contributed by atoms with van der Waals surface area (Å²) in [6.45, 7) is 3.74. The fourth-order valence-electron chi connectivity index (χ4n) is 2.63. The second kappa shape index (κ2) is 9.97. The van der Waals surface area contributed by atoms with E-state index in [0.29, 0.717) is 17.0 Å². The molecule has 0 unspecified atom stereocenters. The molecule has 7 nitrogen and oxygen atoms in total. The molecular weight excluding hydrogens is 380 g/mol. The molecule has 0 aliphatic heterocycles. The lowest BCUT2D eigenvalue weighted by atomic mass is 10.1. The number of aryl methyl sites for hydroxylation is 2. The van der Waals surface area contributed by atoms with Gasteiger partial charge in [0.25, 0.3) is 5.91 Å². The van der Waals surface area contributed by atoms with Crippen LogP contribution in [0, 0.1) is 13.8 Å². The normalized spacial score (nSPS) is 11.1. The summed E-state index contributed by atoms with van der Waals surface area (Å²) in [5.41, 5.74) is 6.12. The highest BCUT2D eigenvalue weighted by Gasteiger charge is 2.05. The van der Waals surface area contributed by atoms with Crippen molar-refractivity contribution in [3.05, 3.63) is 83.4 Å². The van der Waals surface area contributed by atoms with Crippen molar-refractivity contribution >= 4 is 23.5 Å². The molecule has 7 heteroatoms. The number of aromatic hydroxyl groups is 1. The Balaban J connectivity index is 1.57. The smallest absolute Gasteiger partial charge is 0.277 e. The number of azo groups is 1. The number of carbonyl (C=O) groups excluding carboxylic acids is 1. The summed E-state index contributed by atoms with van der Waals surface area (Å²) in [5.74, 6) is 0.248. The molecule has 0 heterocycles. The van der Waals surface area contributed by atoms with E-state index in [1.807, 2.05) is 62.4 Å². The molecule has 30 heavy (non-hydrogen) atoms. The van der Waals surface area contributed by atoms with E-state index < -0.39 is 5.91 Å². The van der Waals surface area contributed by atoms with Gasteiger partial charge >= 0.3 is 0 Å². The van der Waals surface area contributed by atoms with Crippen LogP contribution in [0.2, 0.25) is 0 Å². The predicted molar refractivity (Wildman–Crippen MR) is 116 cm³/mol. The first-order valence-corrected chi connectivity index (χ1v) is 9.33. The molecule has 3 aromatic carbocycles. The Labute approximate surface area is 174 Å². The van der Waals surface area contributed by atoms with E-state index in [4.69, 9.17) is 4.74 Å². The van der Waals surface area contributed by atoms with E-state index in [9.17, 15) is 9.90 Å². The van der Waals surface area contributed by atoms with Gasteiger partial charge in [0.2, 0.25) is 0 Å². The molecule has 0 aromatic heterocycles. The molecule has 0 aliphatic carbocycles. The number of amides is 1. The maximum absolute atomic E-state index is 12.0. The summed E-state index contributed by atoms with van der Waals surface area (Å²) in [6.07, 6.45) is 1.34. The highest BCUT2D eigenvalue weighted by molar-refractivity contribution is 5.86. The number of phenolic OH excluding ortho intramolecular Hbond substituents is 1. The summed E-state index contributed by atoms with van der Waals surface area (Å²) in [7, 11) is 0. The quantitative estimate of drug-likeness (QED) is 0.332. The van der Waals surface area contributed by atoms with Crippen LogP contribution in [0.5, 0.6) is 11.5 Å². The minimum Gasteiger partial charge on any atom is -0.507 e. The fourth-order valence-corrected chi connectivity index (χ4v) is 2.63. The van der Waals surface area contributed by atoms with Crippen molar-refractivity contribution < 1.29 is 14.6 Å². The van der Waals surface area contributed by atoms with E-state index in [1.54, 1.807) is 12.1 Å². The number of nitrogens with one attached hydrogen (secondary N) is 1. The summed E-state index contributed by atoms with van der Waals surface area (Å²) in [4.78, 5) is 12.0. The Kier molecular flexibility index (Phi) is 6.89. The number of hydrogen-bond donors (Lipinski definition) is 2. The SMILES string of the molecule is Cc1ccc(OCC(=O)N/N=C\c2cc(N=Nc3ccccc3)ccc2O)c(C)c1. The molecule has 0 spiro atoms. The number of phenols is 1. The number of benzene rings is 3. The Bertz CT molecular complexity index is 1080. The molecule has 0 radical (unpaired) electrons. The number of hydrazone groups is 1. The molecule has 0 fully saturated rings. The highest BCUT2D eigenvalue weighted by atomic mass is 16.5. The van der Waals surface area contributed by atoms with Gasteiger partial charge in [0.1, 0.15) is 11.5 Å². The van der Waals surface area contributed by atoms with Gasteiger partial charge in [-0.3, -0.25) is 4.79 Å². The molecule has 3 rings (SSSR count). The van der Waals surface area contributed by atoms with Crippen molar-refractivity contribution in [2.45, 2.75) is 13.8 Å². The van der Waals surface area contributed by atoms with Crippen molar-refractivity contribution in [3.8, 4) is 11.5 Å². The molecule has 1 amide bonds. The maximum atomic E-state index is 12.0. The standard InChI is InChI=1S/C23H22N4O3/c1-16-8-11-22(17(2)12-16)30-15-23(29)27-24-14-18-13-20(9-10-21(18)28)26-25-19-6-4-3-5-7-19/h3-14,28H,15H2,1-2H3,(H,27,29)/b24-14-,26-25?. The van der Waals surface area contributed by atoms with Gasteiger partial charge in [0, 0.05) is 5.56 Å². The maximum Gasteiger partial charge on any atom is 0.277 e. The molecule has 0 atom stereocenters. The number of carbonyl (C=O) groups is 1. The number of nitrogens with zero attached hydrogens (tertiary/aromatic N) is 3. The monoisotopic (exact) mass is 402 g/mol. The zero-order valence-electron chi connectivity index (χ0n) is 16.7. The summed E-state index contributed by atoms with van der Waals surface area (Å²) in [5, 5.41) is 22.1. The van der Waals surface area contributed by atoms with Crippen molar-refractivity contribution in [2.75, 3.05) is 6.61 Å². The second-order valence-corrected chi connectivity index (χ2v) is 6.63. The van der Waals surface area contributed by atoms with Gasteiger partial charge in [-0.25, -0.2) is 5.43 Å². The first kappa shape index (κ1) is 20.7. The zero-order valence-corrected chi connectivity index (χ0v) is 16.7. The Hall–Kier alpha value is -4.00. The average molecular weight is 402 g/mol. The third kappa shape index (κ3) is 6.00. The third-order valence-electron chi connectivity index (χ3n) is 4.13. The van der Waals surface area contributed by atoms with Crippen LogP contribution in [0.25, 0.3) is 0 Å². The van der Waals surface area contributed by atoms with Crippen molar-refractivity contribution in [1.29, 1.82) is 0 Å². The van der Waals surface area contributed by atoms with Crippen LogP contribution >= 0.6 is 0 Å². The lowest BCUT2D eigenvalue weighted by Crippen LogP contribution is -2.24. The topological polar surface area (TPSA) is 95.6 Å². The van der Waals surface area contributed by atoms with Crippen molar-refractivity contribution in [3.63, 3.8) is 0 Å². The van der Waals surface area contributed by atoms with Crippen LogP contribution < -0.4 is 10.2 Å². The summed E-state index contributed by atoms with van der Waals surface area (Å²) < 4.78 is 5.51. The Morgan fingerprint density at radius 1 is 1.00 bits per heavy atom. The highest BCUT2D eigenvalue weighted by Crippen LogP contribution is 2.24. The fraction of sp³-hybridized carbons (Fsp3) is 0.130. The molecule has 3 aromatic rings. The third-order valence-corrected chi connectivity index (χ3v) is 4.13. The van der Waals surface area contributed by atoms with Crippen LogP contribution in [0.3, 0.4) is 0 Å². The van der Waals surface area contributed by atoms with Crippen LogP contribution in [-0.2, 0) is 4.79 Å². The lowest BCUT2D eigenvalue weighted by Gasteiger charge is -2.08. The Morgan fingerprint density at radius 2 is 1.77 bits per heavy atom. The first-order valence-electron chi connectivity index (χ1n) is 9.33. The summed E-state index contributed by atoms with van der Waals surface area (Å²) in [6, 6.07) is 19.8. The van der Waals surface area contributed by atoms with E-state index in [2.05, 4.69) is 20.8 Å². The molecule has 0 saturated heterocycles. The van der Waals surface area contributed by atoms with E-state index in [1.165, 1.54) is 12.3 Å². The minimum atomic E-state index is -0.411. The van der Waals surface area contributed by atoms with Crippen LogP contribution in [0.15, 0.2) is 82.1 Å². The van der Waals surface area contributed by atoms with Gasteiger partial charge in [-0.1, -0.05) is 35.9 Å². The van der Waals surface area contributed by atoms with E-state index >= 15 is 0 Å². The van der Waals surface area contributed by atoms with Gasteiger partial charge in [0.05, 0.1) is 17.6 Å². The molecule has 0 saturated carbocycles. The zero-order chi connectivity index (χ0) is 21.3. The molecule has 0 bridgehead atoms. The number of hydrogen-bond acceptors (Lipinski definition) is 6. The van der Waals surface area contributed by atoms with Gasteiger partial charge < -0.3 is 9.84 Å². The number of ether oxygens (including phenoxy) is 1. The number of rotatable bonds is 7. The van der Waals surface area contributed by atoms with Gasteiger partial charge in [-0.05, 0) is 55.8 Å². The predicted octanol–water partition coefficient (Wildman–Crippen LogP) is 4.95. The van der Waals surface area contributed by atoms with Crippen LogP contribution in [0.1, 0.15) is 16.7 Å². The van der Waals surface area contributed by atoms with Gasteiger partial charge in [-0.15, -0.1) is 0 Å². The van der Waals surface area contributed by atoms with Gasteiger partial charge in [0.15, 0.2) is 6.61 Å². The van der Waals surface area contributed by atoms with Crippen LogP contribution in [0.4, 0.5) is 11.4 Å². The van der Waals surface area contributed by atoms with E-state index in [-0.39, 0.29) is 12.4 Å². The van der Waals surface area contributed by atoms with Crippen LogP contribution in [-0.4, -0.2) is 23.8 Å².